The molecule has 0 aromatic heterocycles. The molecule has 78 valence electrons. The summed E-state index contributed by atoms with van der Waals surface area (Å²) in [5.74, 6) is -1.29. The van der Waals surface area contributed by atoms with Gasteiger partial charge in [0.15, 0.2) is 0 Å². The molecule has 2 N–H and O–H groups in total. The maximum absolute atomic E-state index is 10.7. The van der Waals surface area contributed by atoms with Crippen molar-refractivity contribution < 1.29 is 14.6 Å². The molecule has 4 nitrogen and oxygen atoms in total. The van der Waals surface area contributed by atoms with E-state index in [-0.39, 0.29) is 12.2 Å². The van der Waals surface area contributed by atoms with Gasteiger partial charge in [0.1, 0.15) is 0 Å². The van der Waals surface area contributed by atoms with Gasteiger partial charge in [-0.05, 0) is 27.8 Å². The topological polar surface area (TPSA) is 58.6 Å². The predicted molar refractivity (Wildman–Crippen MR) is 50.8 cm³/mol. The van der Waals surface area contributed by atoms with Crippen LogP contribution in [0.15, 0.2) is 0 Å². The average Bonchev–Trinajstić information content (AvgIpc) is 1.95. The molecule has 0 saturated carbocycles. The molecule has 4 heteroatoms. The Kier molecular flexibility index (Phi) is 4.95. The number of aliphatic carboxylic acids is 1. The second kappa shape index (κ2) is 5.19. The zero-order valence-electron chi connectivity index (χ0n) is 8.76. The minimum Gasteiger partial charge on any atom is -0.481 e. The fourth-order valence-corrected chi connectivity index (χ4v) is 0.815. The van der Waals surface area contributed by atoms with E-state index in [2.05, 4.69) is 5.32 Å². The minimum absolute atomic E-state index is 0.250. The summed E-state index contributed by atoms with van der Waals surface area (Å²) in [7, 11) is 1.73. The number of carboxylic acids is 1. The highest BCUT2D eigenvalue weighted by molar-refractivity contribution is 5.70. The number of hydrogen-bond donors (Lipinski definition) is 2. The van der Waals surface area contributed by atoms with Crippen LogP contribution in [0.1, 0.15) is 20.8 Å². The third-order valence-electron chi connectivity index (χ3n) is 1.52. The van der Waals surface area contributed by atoms with E-state index in [1.807, 2.05) is 20.8 Å². The van der Waals surface area contributed by atoms with Crippen LogP contribution in [0.25, 0.3) is 0 Å². The van der Waals surface area contributed by atoms with Gasteiger partial charge in [0.2, 0.25) is 0 Å². The van der Waals surface area contributed by atoms with E-state index in [0.717, 1.165) is 0 Å². The summed E-state index contributed by atoms with van der Waals surface area (Å²) >= 11 is 0. The molecule has 0 radical (unpaired) electrons. The zero-order chi connectivity index (χ0) is 10.5. The quantitative estimate of drug-likeness (QED) is 0.669. The molecule has 0 spiro atoms. The highest BCUT2D eigenvalue weighted by Crippen LogP contribution is 2.09. The van der Waals surface area contributed by atoms with Gasteiger partial charge in [-0.3, -0.25) is 4.79 Å². The summed E-state index contributed by atoms with van der Waals surface area (Å²) in [6.07, 6.45) is 0. The monoisotopic (exact) mass is 189 g/mol. The van der Waals surface area contributed by atoms with Crippen LogP contribution in [0.5, 0.6) is 0 Å². The minimum atomic E-state index is -0.821. The van der Waals surface area contributed by atoms with Crippen molar-refractivity contribution in [2.45, 2.75) is 26.4 Å². The second-order valence-corrected chi connectivity index (χ2v) is 4.02. The van der Waals surface area contributed by atoms with Crippen molar-refractivity contribution in [2.24, 2.45) is 5.92 Å². The van der Waals surface area contributed by atoms with Crippen molar-refractivity contribution in [2.75, 3.05) is 20.2 Å². The van der Waals surface area contributed by atoms with Crippen molar-refractivity contribution in [1.82, 2.24) is 5.32 Å². The lowest BCUT2D eigenvalue weighted by molar-refractivity contribution is -0.145. The van der Waals surface area contributed by atoms with E-state index >= 15 is 0 Å². The van der Waals surface area contributed by atoms with Gasteiger partial charge in [-0.2, -0.15) is 0 Å². The summed E-state index contributed by atoms with van der Waals surface area (Å²) in [4.78, 5) is 10.7. The normalized spacial score (nSPS) is 14.2. The molecule has 1 atom stereocenters. The Morgan fingerprint density at radius 2 is 2.08 bits per heavy atom. The van der Waals surface area contributed by atoms with Crippen LogP contribution >= 0.6 is 0 Å². The number of rotatable bonds is 5. The van der Waals surface area contributed by atoms with Gasteiger partial charge in [-0.25, -0.2) is 0 Å². The van der Waals surface area contributed by atoms with Gasteiger partial charge in [0, 0.05) is 6.54 Å². The van der Waals surface area contributed by atoms with E-state index in [0.29, 0.717) is 6.54 Å². The SMILES string of the molecule is CNC[C@@H](COC(C)(C)C)C(=O)O. The number of ether oxygens (including phenoxy) is 1. The zero-order valence-corrected chi connectivity index (χ0v) is 8.76. The Labute approximate surface area is 79.3 Å². The predicted octanol–water partition coefficient (Wildman–Crippen LogP) is 0.722. The van der Waals surface area contributed by atoms with Crippen molar-refractivity contribution in [3.05, 3.63) is 0 Å². The Morgan fingerprint density at radius 1 is 1.54 bits per heavy atom. The van der Waals surface area contributed by atoms with Crippen LogP contribution in [-0.2, 0) is 9.53 Å². The molecule has 0 aromatic carbocycles. The lowest BCUT2D eigenvalue weighted by atomic mass is 10.1. The van der Waals surface area contributed by atoms with Gasteiger partial charge in [0.05, 0.1) is 18.1 Å². The number of nitrogens with one attached hydrogen (secondary N) is 1. The molecule has 0 aromatic rings. The lowest BCUT2D eigenvalue weighted by Gasteiger charge is -2.22. The molecule has 0 aliphatic rings. The number of carboxylic acid groups (broad SMARTS) is 1. The molecule has 0 aliphatic heterocycles. The van der Waals surface area contributed by atoms with E-state index < -0.39 is 11.9 Å². The summed E-state index contributed by atoms with van der Waals surface area (Å²) in [6, 6.07) is 0. The van der Waals surface area contributed by atoms with Crippen LogP contribution < -0.4 is 5.32 Å². The summed E-state index contributed by atoms with van der Waals surface area (Å²) in [5, 5.41) is 11.6. The first-order chi connectivity index (χ1) is 5.87. The van der Waals surface area contributed by atoms with Gasteiger partial charge in [-0.1, -0.05) is 0 Å². The maximum atomic E-state index is 10.7. The van der Waals surface area contributed by atoms with E-state index in [9.17, 15) is 4.79 Å². The molecule has 0 bridgehead atoms. The van der Waals surface area contributed by atoms with Crippen LogP contribution in [0.2, 0.25) is 0 Å². The van der Waals surface area contributed by atoms with Gasteiger partial charge >= 0.3 is 5.97 Å². The summed E-state index contributed by atoms with van der Waals surface area (Å²) < 4.78 is 5.38. The second-order valence-electron chi connectivity index (χ2n) is 4.02. The van der Waals surface area contributed by atoms with Crippen molar-refractivity contribution in [3.8, 4) is 0 Å². The number of carbonyl (C=O) groups is 1. The summed E-state index contributed by atoms with van der Waals surface area (Å²) in [5.41, 5.74) is -0.276. The first-order valence-corrected chi connectivity index (χ1v) is 4.38. The third-order valence-corrected chi connectivity index (χ3v) is 1.52. The molecular weight excluding hydrogens is 170 g/mol. The molecule has 0 unspecified atom stereocenters. The molecule has 0 saturated heterocycles. The highest BCUT2D eigenvalue weighted by atomic mass is 16.5. The van der Waals surface area contributed by atoms with Crippen LogP contribution in [0, 0.1) is 5.92 Å². The lowest BCUT2D eigenvalue weighted by Crippen LogP contribution is -2.33. The van der Waals surface area contributed by atoms with E-state index in [1.54, 1.807) is 7.05 Å². The Hall–Kier alpha value is -0.610. The van der Waals surface area contributed by atoms with Crippen LogP contribution in [-0.4, -0.2) is 36.9 Å². The van der Waals surface area contributed by atoms with E-state index in [1.165, 1.54) is 0 Å². The summed E-state index contributed by atoms with van der Waals surface area (Å²) in [6.45, 7) is 6.41. The van der Waals surface area contributed by atoms with Gasteiger partial charge in [0.25, 0.3) is 0 Å². The molecule has 0 aliphatic carbocycles. The Bertz CT molecular complexity index is 163. The standard InChI is InChI=1S/C9H19NO3/c1-9(2,3)13-6-7(5-10-4)8(11)12/h7,10H,5-6H2,1-4H3,(H,11,12)/t7-/m0/s1. The van der Waals surface area contributed by atoms with Crippen molar-refractivity contribution >= 4 is 5.97 Å². The highest BCUT2D eigenvalue weighted by Gasteiger charge is 2.20. The first-order valence-electron chi connectivity index (χ1n) is 4.38. The fourth-order valence-electron chi connectivity index (χ4n) is 0.815. The smallest absolute Gasteiger partial charge is 0.310 e. The van der Waals surface area contributed by atoms with Gasteiger partial charge in [-0.15, -0.1) is 0 Å². The molecule has 0 rings (SSSR count). The number of hydrogen-bond acceptors (Lipinski definition) is 3. The average molecular weight is 189 g/mol. The van der Waals surface area contributed by atoms with Crippen LogP contribution in [0.3, 0.4) is 0 Å². The fraction of sp³-hybridized carbons (Fsp3) is 0.889. The van der Waals surface area contributed by atoms with Crippen molar-refractivity contribution in [3.63, 3.8) is 0 Å². The van der Waals surface area contributed by atoms with Crippen LogP contribution in [0.4, 0.5) is 0 Å². The van der Waals surface area contributed by atoms with E-state index in [4.69, 9.17) is 9.84 Å². The Morgan fingerprint density at radius 3 is 2.38 bits per heavy atom. The molecule has 0 amide bonds. The first kappa shape index (κ1) is 12.4. The molecule has 13 heavy (non-hydrogen) atoms. The molecule has 0 heterocycles. The maximum Gasteiger partial charge on any atom is 0.310 e. The van der Waals surface area contributed by atoms with Gasteiger partial charge < -0.3 is 15.2 Å². The Balaban J connectivity index is 3.90. The largest absolute Gasteiger partial charge is 0.481 e. The van der Waals surface area contributed by atoms with Crippen molar-refractivity contribution in [1.29, 1.82) is 0 Å². The third kappa shape index (κ3) is 6.54. The molecular formula is C9H19NO3. The molecule has 0 fully saturated rings.